The maximum atomic E-state index is 12.8. The van der Waals surface area contributed by atoms with Crippen molar-refractivity contribution in [2.24, 2.45) is 0 Å². The molecule has 0 bridgehead atoms. The summed E-state index contributed by atoms with van der Waals surface area (Å²) < 4.78 is 0. The van der Waals surface area contributed by atoms with Gasteiger partial charge in [-0.25, -0.2) is 9.97 Å². The molecule has 0 atom stereocenters. The molecule has 0 spiro atoms. The number of hydrogen-bond donors (Lipinski definition) is 0. The summed E-state index contributed by atoms with van der Waals surface area (Å²) in [5.41, 5.74) is 0.613. The van der Waals surface area contributed by atoms with Crippen LogP contribution in [-0.4, -0.2) is 83.9 Å². The zero-order chi connectivity index (χ0) is 20.2. The van der Waals surface area contributed by atoms with Crippen LogP contribution in [0.3, 0.4) is 0 Å². The Labute approximate surface area is 170 Å². The van der Waals surface area contributed by atoms with Gasteiger partial charge in [0.2, 0.25) is 5.91 Å². The minimum Gasteiger partial charge on any atom is -0.353 e. The average molecular weight is 394 g/mol. The van der Waals surface area contributed by atoms with E-state index in [0.717, 1.165) is 37.8 Å². The lowest BCUT2D eigenvalue weighted by molar-refractivity contribution is -0.129. The third kappa shape index (κ3) is 4.31. The number of carbonyl (C=O) groups excluding carboxylic acids is 2. The number of amides is 2. The minimum atomic E-state index is 0.0196. The molecule has 0 aromatic carbocycles. The van der Waals surface area contributed by atoms with Crippen molar-refractivity contribution in [3.63, 3.8) is 0 Å². The Bertz CT molecular complexity index is 841. The molecule has 2 saturated heterocycles. The van der Waals surface area contributed by atoms with Crippen LogP contribution in [0.25, 0.3) is 0 Å². The maximum absolute atomic E-state index is 12.8. The third-order valence-corrected chi connectivity index (χ3v) is 5.58. The molecule has 0 aliphatic carbocycles. The van der Waals surface area contributed by atoms with Crippen molar-refractivity contribution in [1.82, 2.24) is 19.8 Å². The van der Waals surface area contributed by atoms with Crippen LogP contribution in [-0.2, 0) is 4.79 Å². The van der Waals surface area contributed by atoms with E-state index < -0.39 is 0 Å². The first-order valence-electron chi connectivity index (χ1n) is 10.0. The van der Waals surface area contributed by atoms with E-state index in [4.69, 9.17) is 0 Å². The Morgan fingerprint density at radius 2 is 1.38 bits per heavy atom. The Balaban J connectivity index is 1.32. The number of hydrogen-bond acceptors (Lipinski definition) is 6. The molecule has 2 aliphatic rings. The molecule has 29 heavy (non-hydrogen) atoms. The fourth-order valence-electron chi connectivity index (χ4n) is 3.81. The average Bonchev–Trinajstić information content (AvgIpc) is 2.79. The van der Waals surface area contributed by atoms with Crippen LogP contribution in [0.1, 0.15) is 17.3 Å². The van der Waals surface area contributed by atoms with Gasteiger partial charge >= 0.3 is 0 Å². The topological polar surface area (TPSA) is 72.9 Å². The standard InChI is InChI=1S/C21H26N6O2/c1-17(28)24-8-10-26(11-9-24)20-6-5-18(16-23-20)21(29)27-14-12-25(13-15-27)19-4-2-3-7-22-19/h2-7,16H,8-15H2,1H3. The molecule has 0 unspecified atom stereocenters. The summed E-state index contributed by atoms with van der Waals surface area (Å²) in [6.07, 6.45) is 3.46. The lowest BCUT2D eigenvalue weighted by Crippen LogP contribution is -2.49. The fraction of sp³-hybridized carbons (Fsp3) is 0.429. The molecule has 8 heteroatoms. The van der Waals surface area contributed by atoms with Crippen LogP contribution in [0.5, 0.6) is 0 Å². The number of aromatic nitrogens is 2. The zero-order valence-electron chi connectivity index (χ0n) is 16.7. The first-order valence-corrected chi connectivity index (χ1v) is 10.0. The second-order valence-corrected chi connectivity index (χ2v) is 7.37. The molecule has 4 heterocycles. The summed E-state index contributed by atoms with van der Waals surface area (Å²) in [4.78, 5) is 41.3. The number of nitrogens with zero attached hydrogens (tertiary/aromatic N) is 6. The van der Waals surface area contributed by atoms with Crippen molar-refractivity contribution in [3.8, 4) is 0 Å². The quantitative estimate of drug-likeness (QED) is 0.777. The number of piperazine rings is 2. The molecule has 152 valence electrons. The number of rotatable bonds is 3. The molecule has 2 aliphatic heterocycles. The van der Waals surface area contributed by atoms with Gasteiger partial charge in [0.05, 0.1) is 5.56 Å². The third-order valence-electron chi connectivity index (χ3n) is 5.58. The maximum Gasteiger partial charge on any atom is 0.255 e. The van der Waals surface area contributed by atoms with Crippen LogP contribution in [0.4, 0.5) is 11.6 Å². The summed E-state index contributed by atoms with van der Waals surface area (Å²) in [6, 6.07) is 9.64. The summed E-state index contributed by atoms with van der Waals surface area (Å²) in [6.45, 7) is 7.42. The summed E-state index contributed by atoms with van der Waals surface area (Å²) >= 11 is 0. The SMILES string of the molecule is CC(=O)N1CCN(c2ccc(C(=O)N3CCN(c4ccccn4)CC3)cn2)CC1. The Morgan fingerprint density at radius 3 is 1.90 bits per heavy atom. The second-order valence-electron chi connectivity index (χ2n) is 7.37. The van der Waals surface area contributed by atoms with Gasteiger partial charge < -0.3 is 19.6 Å². The van der Waals surface area contributed by atoms with Gasteiger partial charge in [0, 0.05) is 71.7 Å². The van der Waals surface area contributed by atoms with E-state index in [0.29, 0.717) is 31.7 Å². The monoisotopic (exact) mass is 394 g/mol. The molecular weight excluding hydrogens is 368 g/mol. The predicted molar refractivity (Wildman–Crippen MR) is 111 cm³/mol. The zero-order valence-corrected chi connectivity index (χ0v) is 16.7. The lowest BCUT2D eigenvalue weighted by Gasteiger charge is -2.36. The summed E-state index contributed by atoms with van der Waals surface area (Å²) in [5.74, 6) is 1.94. The van der Waals surface area contributed by atoms with Crippen LogP contribution < -0.4 is 9.80 Å². The van der Waals surface area contributed by atoms with Crippen molar-refractivity contribution in [3.05, 3.63) is 48.3 Å². The van der Waals surface area contributed by atoms with Gasteiger partial charge in [-0.1, -0.05) is 6.07 Å². The van der Waals surface area contributed by atoms with E-state index in [2.05, 4.69) is 19.8 Å². The lowest BCUT2D eigenvalue weighted by atomic mass is 10.2. The normalized spacial score (nSPS) is 17.4. The Morgan fingerprint density at radius 1 is 0.759 bits per heavy atom. The van der Waals surface area contributed by atoms with Crippen molar-refractivity contribution >= 4 is 23.5 Å². The molecular formula is C21H26N6O2. The molecule has 2 amide bonds. The van der Waals surface area contributed by atoms with E-state index in [9.17, 15) is 9.59 Å². The fourth-order valence-corrected chi connectivity index (χ4v) is 3.81. The van der Waals surface area contributed by atoms with E-state index in [1.165, 1.54) is 0 Å². The van der Waals surface area contributed by atoms with Gasteiger partial charge in [0.15, 0.2) is 0 Å². The number of anilines is 2. The van der Waals surface area contributed by atoms with Gasteiger partial charge in [-0.15, -0.1) is 0 Å². The highest BCUT2D eigenvalue weighted by Gasteiger charge is 2.24. The smallest absolute Gasteiger partial charge is 0.255 e. The number of pyridine rings is 2. The minimum absolute atomic E-state index is 0.0196. The number of carbonyl (C=O) groups is 2. The summed E-state index contributed by atoms with van der Waals surface area (Å²) in [7, 11) is 0. The second kappa shape index (κ2) is 8.46. The Hall–Kier alpha value is -3.16. The molecule has 4 rings (SSSR count). The van der Waals surface area contributed by atoms with E-state index in [1.54, 1.807) is 19.3 Å². The highest BCUT2D eigenvalue weighted by molar-refractivity contribution is 5.94. The molecule has 0 saturated carbocycles. The van der Waals surface area contributed by atoms with Crippen molar-refractivity contribution in [2.45, 2.75) is 6.92 Å². The van der Waals surface area contributed by atoms with Crippen LogP contribution in [0.15, 0.2) is 42.7 Å². The molecule has 2 aromatic rings. The van der Waals surface area contributed by atoms with Gasteiger partial charge in [0.1, 0.15) is 11.6 Å². The van der Waals surface area contributed by atoms with Gasteiger partial charge in [-0.05, 0) is 24.3 Å². The highest BCUT2D eigenvalue weighted by Crippen LogP contribution is 2.17. The van der Waals surface area contributed by atoms with E-state index in [1.807, 2.05) is 40.1 Å². The van der Waals surface area contributed by atoms with Crippen molar-refractivity contribution in [1.29, 1.82) is 0 Å². The van der Waals surface area contributed by atoms with Crippen molar-refractivity contribution < 1.29 is 9.59 Å². The van der Waals surface area contributed by atoms with Crippen LogP contribution >= 0.6 is 0 Å². The van der Waals surface area contributed by atoms with Gasteiger partial charge in [-0.3, -0.25) is 9.59 Å². The first-order chi connectivity index (χ1) is 14.1. The molecule has 2 aromatic heterocycles. The highest BCUT2D eigenvalue weighted by atomic mass is 16.2. The van der Waals surface area contributed by atoms with E-state index in [-0.39, 0.29) is 11.8 Å². The van der Waals surface area contributed by atoms with Crippen LogP contribution in [0, 0.1) is 0 Å². The van der Waals surface area contributed by atoms with E-state index >= 15 is 0 Å². The van der Waals surface area contributed by atoms with Gasteiger partial charge in [0.25, 0.3) is 5.91 Å². The molecule has 0 radical (unpaired) electrons. The van der Waals surface area contributed by atoms with Gasteiger partial charge in [-0.2, -0.15) is 0 Å². The van der Waals surface area contributed by atoms with Crippen LogP contribution in [0.2, 0.25) is 0 Å². The molecule has 2 fully saturated rings. The largest absolute Gasteiger partial charge is 0.353 e. The molecule has 8 nitrogen and oxygen atoms in total. The van der Waals surface area contributed by atoms with Crippen molar-refractivity contribution in [2.75, 3.05) is 62.2 Å². The first kappa shape index (κ1) is 19.2. The Kier molecular flexibility index (Phi) is 5.59. The summed E-state index contributed by atoms with van der Waals surface area (Å²) in [5, 5.41) is 0. The molecule has 0 N–H and O–H groups in total. The predicted octanol–water partition coefficient (Wildman–Crippen LogP) is 1.11.